The number of thioether (sulfide) groups is 1. The SMILES string of the molecule is CCNc1ccc(C(=O)N2CCSC(C)C2)c(C)c1. The maximum absolute atomic E-state index is 12.5. The Bertz CT molecular complexity index is 461. The van der Waals surface area contributed by atoms with Gasteiger partial charge in [0.2, 0.25) is 0 Å². The minimum absolute atomic E-state index is 0.174. The van der Waals surface area contributed by atoms with Crippen LogP contribution in [0, 0.1) is 6.92 Å². The molecular weight excluding hydrogens is 256 g/mol. The van der Waals surface area contributed by atoms with Crippen LogP contribution in [-0.2, 0) is 0 Å². The zero-order valence-corrected chi connectivity index (χ0v) is 12.7. The largest absolute Gasteiger partial charge is 0.385 e. The van der Waals surface area contributed by atoms with E-state index in [1.807, 2.05) is 35.7 Å². The Hall–Kier alpha value is -1.16. The van der Waals surface area contributed by atoms with E-state index in [9.17, 15) is 4.79 Å². The summed E-state index contributed by atoms with van der Waals surface area (Å²) >= 11 is 1.94. The number of rotatable bonds is 3. The summed E-state index contributed by atoms with van der Waals surface area (Å²) in [4.78, 5) is 14.5. The fraction of sp³-hybridized carbons (Fsp3) is 0.533. The molecule has 1 aliphatic rings. The number of carbonyl (C=O) groups excluding carboxylic acids is 1. The van der Waals surface area contributed by atoms with E-state index in [0.29, 0.717) is 5.25 Å². The quantitative estimate of drug-likeness (QED) is 0.922. The molecule has 0 spiro atoms. The Labute approximate surface area is 119 Å². The van der Waals surface area contributed by atoms with Gasteiger partial charge in [0.1, 0.15) is 0 Å². The van der Waals surface area contributed by atoms with E-state index in [1.54, 1.807) is 0 Å². The van der Waals surface area contributed by atoms with Gasteiger partial charge >= 0.3 is 0 Å². The molecule has 1 atom stereocenters. The Balaban J connectivity index is 2.14. The number of aryl methyl sites for hydroxylation is 1. The van der Waals surface area contributed by atoms with Gasteiger partial charge in [0.15, 0.2) is 0 Å². The van der Waals surface area contributed by atoms with Crippen molar-refractivity contribution < 1.29 is 4.79 Å². The summed E-state index contributed by atoms with van der Waals surface area (Å²) < 4.78 is 0. The highest BCUT2D eigenvalue weighted by atomic mass is 32.2. The van der Waals surface area contributed by atoms with Crippen molar-refractivity contribution >= 4 is 23.4 Å². The molecular formula is C15H22N2OS. The maximum atomic E-state index is 12.5. The normalized spacial score (nSPS) is 19.3. The number of carbonyl (C=O) groups is 1. The van der Waals surface area contributed by atoms with Crippen LogP contribution in [0.1, 0.15) is 29.8 Å². The third kappa shape index (κ3) is 3.44. The molecule has 0 aliphatic carbocycles. The number of hydrogen-bond donors (Lipinski definition) is 1. The summed E-state index contributed by atoms with van der Waals surface area (Å²) in [6, 6.07) is 5.99. The summed E-state index contributed by atoms with van der Waals surface area (Å²) in [5, 5.41) is 3.81. The molecule has 1 aromatic carbocycles. The number of nitrogens with one attached hydrogen (secondary N) is 1. The molecule has 0 aromatic heterocycles. The van der Waals surface area contributed by atoms with Gasteiger partial charge in [0, 0.05) is 41.9 Å². The van der Waals surface area contributed by atoms with Crippen LogP contribution in [0.2, 0.25) is 0 Å². The first-order valence-electron chi connectivity index (χ1n) is 6.87. The number of benzene rings is 1. The van der Waals surface area contributed by atoms with Crippen molar-refractivity contribution in [2.24, 2.45) is 0 Å². The van der Waals surface area contributed by atoms with Gasteiger partial charge in [-0.1, -0.05) is 6.92 Å². The van der Waals surface area contributed by atoms with Gasteiger partial charge in [-0.15, -0.1) is 0 Å². The molecule has 1 fully saturated rings. The number of anilines is 1. The average Bonchev–Trinajstić information content (AvgIpc) is 2.38. The minimum Gasteiger partial charge on any atom is -0.385 e. The van der Waals surface area contributed by atoms with E-state index in [-0.39, 0.29) is 5.91 Å². The fourth-order valence-electron chi connectivity index (χ4n) is 2.39. The van der Waals surface area contributed by atoms with Crippen molar-refractivity contribution in [3.63, 3.8) is 0 Å². The average molecular weight is 278 g/mol. The highest BCUT2D eigenvalue weighted by molar-refractivity contribution is 7.99. The zero-order chi connectivity index (χ0) is 13.8. The first-order chi connectivity index (χ1) is 9.11. The molecule has 1 aliphatic heterocycles. The first kappa shape index (κ1) is 14.3. The van der Waals surface area contributed by atoms with E-state index >= 15 is 0 Å². The Morgan fingerprint density at radius 1 is 1.53 bits per heavy atom. The van der Waals surface area contributed by atoms with Crippen molar-refractivity contribution in [1.29, 1.82) is 0 Å². The van der Waals surface area contributed by atoms with E-state index in [2.05, 4.69) is 25.2 Å². The number of nitrogens with zero attached hydrogens (tertiary/aromatic N) is 1. The molecule has 0 saturated carbocycles. The summed E-state index contributed by atoms with van der Waals surface area (Å²) in [7, 11) is 0. The molecule has 1 aromatic rings. The number of amides is 1. The predicted molar refractivity (Wildman–Crippen MR) is 83.2 cm³/mol. The topological polar surface area (TPSA) is 32.3 Å². The molecule has 1 heterocycles. The summed E-state index contributed by atoms with van der Waals surface area (Å²) in [5.41, 5.74) is 2.97. The Kier molecular flexibility index (Phi) is 4.75. The predicted octanol–water partition coefficient (Wildman–Crippen LogP) is 3.00. The molecule has 104 valence electrons. The van der Waals surface area contributed by atoms with Crippen molar-refractivity contribution in [3.05, 3.63) is 29.3 Å². The maximum Gasteiger partial charge on any atom is 0.254 e. The van der Waals surface area contributed by atoms with Gasteiger partial charge in [-0.2, -0.15) is 11.8 Å². The molecule has 1 amide bonds. The Morgan fingerprint density at radius 3 is 2.95 bits per heavy atom. The lowest BCUT2D eigenvalue weighted by molar-refractivity contribution is 0.0762. The second-order valence-electron chi connectivity index (χ2n) is 4.99. The monoisotopic (exact) mass is 278 g/mol. The molecule has 1 saturated heterocycles. The van der Waals surface area contributed by atoms with Crippen LogP contribution in [-0.4, -0.2) is 41.4 Å². The van der Waals surface area contributed by atoms with Gasteiger partial charge in [0.05, 0.1) is 0 Å². The molecule has 3 nitrogen and oxygen atoms in total. The summed E-state index contributed by atoms with van der Waals surface area (Å²) in [6.07, 6.45) is 0. The second kappa shape index (κ2) is 6.33. The molecule has 4 heteroatoms. The van der Waals surface area contributed by atoms with Crippen molar-refractivity contribution in [1.82, 2.24) is 4.90 Å². The van der Waals surface area contributed by atoms with Crippen molar-refractivity contribution in [2.45, 2.75) is 26.0 Å². The second-order valence-corrected chi connectivity index (χ2v) is 6.54. The van der Waals surface area contributed by atoms with Crippen LogP contribution < -0.4 is 5.32 Å². The molecule has 1 N–H and O–H groups in total. The molecule has 0 radical (unpaired) electrons. The van der Waals surface area contributed by atoms with E-state index < -0.39 is 0 Å². The lowest BCUT2D eigenvalue weighted by Crippen LogP contribution is -2.41. The summed E-state index contributed by atoms with van der Waals surface area (Å²) in [6.45, 7) is 8.89. The third-order valence-electron chi connectivity index (χ3n) is 3.37. The third-order valence-corrected chi connectivity index (χ3v) is 4.50. The van der Waals surface area contributed by atoms with Crippen LogP contribution in [0.25, 0.3) is 0 Å². The van der Waals surface area contributed by atoms with Crippen LogP contribution in [0.5, 0.6) is 0 Å². The van der Waals surface area contributed by atoms with Gasteiger partial charge in [0.25, 0.3) is 5.91 Å². The molecule has 0 bridgehead atoms. The smallest absolute Gasteiger partial charge is 0.254 e. The minimum atomic E-state index is 0.174. The molecule has 2 rings (SSSR count). The van der Waals surface area contributed by atoms with E-state index in [0.717, 1.165) is 42.2 Å². The zero-order valence-electron chi connectivity index (χ0n) is 11.9. The summed E-state index contributed by atoms with van der Waals surface area (Å²) in [5.74, 6) is 1.22. The fourth-order valence-corrected chi connectivity index (χ4v) is 3.40. The standard InChI is InChI=1S/C15H22N2OS/c1-4-16-13-5-6-14(11(2)9-13)15(18)17-7-8-19-12(3)10-17/h5-6,9,12,16H,4,7-8,10H2,1-3H3. The van der Waals surface area contributed by atoms with Crippen molar-refractivity contribution in [2.75, 3.05) is 30.7 Å². The molecule has 19 heavy (non-hydrogen) atoms. The van der Waals surface area contributed by atoms with E-state index in [4.69, 9.17) is 0 Å². The van der Waals surface area contributed by atoms with Gasteiger partial charge in [-0.25, -0.2) is 0 Å². The number of hydrogen-bond acceptors (Lipinski definition) is 3. The Morgan fingerprint density at radius 2 is 2.32 bits per heavy atom. The lowest BCUT2D eigenvalue weighted by atomic mass is 10.1. The van der Waals surface area contributed by atoms with Crippen LogP contribution in [0.15, 0.2) is 18.2 Å². The van der Waals surface area contributed by atoms with Gasteiger partial charge < -0.3 is 10.2 Å². The highest BCUT2D eigenvalue weighted by Crippen LogP contribution is 2.22. The van der Waals surface area contributed by atoms with E-state index in [1.165, 1.54) is 0 Å². The highest BCUT2D eigenvalue weighted by Gasteiger charge is 2.23. The van der Waals surface area contributed by atoms with Crippen LogP contribution >= 0.6 is 11.8 Å². The lowest BCUT2D eigenvalue weighted by Gasteiger charge is -2.31. The van der Waals surface area contributed by atoms with Gasteiger partial charge in [-0.05, 0) is 37.6 Å². The first-order valence-corrected chi connectivity index (χ1v) is 7.92. The molecule has 1 unspecified atom stereocenters. The van der Waals surface area contributed by atoms with Crippen LogP contribution in [0.4, 0.5) is 5.69 Å². The van der Waals surface area contributed by atoms with Crippen molar-refractivity contribution in [3.8, 4) is 0 Å². The van der Waals surface area contributed by atoms with Crippen LogP contribution in [0.3, 0.4) is 0 Å². The van der Waals surface area contributed by atoms with Gasteiger partial charge in [-0.3, -0.25) is 4.79 Å².